The van der Waals surface area contributed by atoms with Crippen LogP contribution in [0.4, 0.5) is 0 Å². The number of aromatic nitrogens is 1. The van der Waals surface area contributed by atoms with Crippen LogP contribution in [0.1, 0.15) is 28.9 Å². The van der Waals surface area contributed by atoms with E-state index in [1.807, 2.05) is 6.92 Å². The summed E-state index contributed by atoms with van der Waals surface area (Å²) in [6.45, 7) is 1.81. The molecule has 21 heavy (non-hydrogen) atoms. The summed E-state index contributed by atoms with van der Waals surface area (Å²) >= 11 is 0. The average Bonchev–Trinajstić information content (AvgIpc) is 2.47. The number of pyridine rings is 1. The first-order chi connectivity index (χ1) is 9.88. The smallest absolute Gasteiger partial charge is 0.251 e. The first kappa shape index (κ1) is 15.1. The second-order valence-corrected chi connectivity index (χ2v) is 6.11. The third kappa shape index (κ3) is 3.87. The van der Waals surface area contributed by atoms with Gasteiger partial charge in [-0.2, -0.15) is 0 Å². The average molecular weight is 305 g/mol. The van der Waals surface area contributed by atoms with Crippen LogP contribution in [0.25, 0.3) is 0 Å². The van der Waals surface area contributed by atoms with Crippen LogP contribution in [0.3, 0.4) is 0 Å². The molecule has 110 valence electrons. The van der Waals surface area contributed by atoms with E-state index in [0.717, 1.165) is 5.56 Å². The van der Waals surface area contributed by atoms with Gasteiger partial charge in [-0.1, -0.05) is 12.1 Å². The van der Waals surface area contributed by atoms with Gasteiger partial charge in [-0.3, -0.25) is 9.78 Å². The molecule has 0 aliphatic rings. The SMILES string of the molecule is CC(NC(=O)c1ccncc1)c1ccc(S(N)(=O)=O)cc1. The van der Waals surface area contributed by atoms with Gasteiger partial charge in [0.05, 0.1) is 10.9 Å². The fourth-order valence-corrected chi connectivity index (χ4v) is 2.33. The molecule has 0 saturated carbocycles. The summed E-state index contributed by atoms with van der Waals surface area (Å²) in [5.74, 6) is -0.222. The number of nitrogens with zero attached hydrogens (tertiary/aromatic N) is 1. The fraction of sp³-hybridized carbons (Fsp3) is 0.143. The molecule has 0 aliphatic carbocycles. The van der Waals surface area contributed by atoms with E-state index in [1.54, 1.807) is 36.7 Å². The van der Waals surface area contributed by atoms with Crippen molar-refractivity contribution < 1.29 is 13.2 Å². The zero-order chi connectivity index (χ0) is 15.5. The number of rotatable bonds is 4. The zero-order valence-corrected chi connectivity index (χ0v) is 12.2. The maximum absolute atomic E-state index is 12.0. The van der Waals surface area contributed by atoms with Crippen molar-refractivity contribution in [3.63, 3.8) is 0 Å². The summed E-state index contributed by atoms with van der Waals surface area (Å²) in [6.07, 6.45) is 3.08. The highest BCUT2D eigenvalue weighted by Crippen LogP contribution is 2.16. The molecular formula is C14H15N3O3S. The lowest BCUT2D eigenvalue weighted by atomic mass is 10.1. The van der Waals surface area contributed by atoms with Gasteiger partial charge in [0.25, 0.3) is 5.91 Å². The van der Waals surface area contributed by atoms with Crippen LogP contribution in [0.5, 0.6) is 0 Å². The van der Waals surface area contributed by atoms with E-state index in [-0.39, 0.29) is 16.8 Å². The van der Waals surface area contributed by atoms with Crippen LogP contribution in [0.15, 0.2) is 53.7 Å². The van der Waals surface area contributed by atoms with Gasteiger partial charge in [0.2, 0.25) is 10.0 Å². The van der Waals surface area contributed by atoms with Gasteiger partial charge in [0, 0.05) is 18.0 Å². The summed E-state index contributed by atoms with van der Waals surface area (Å²) in [5, 5.41) is 7.86. The highest BCUT2D eigenvalue weighted by Gasteiger charge is 2.13. The molecule has 1 unspecified atom stereocenters. The van der Waals surface area contributed by atoms with Gasteiger partial charge in [-0.15, -0.1) is 0 Å². The molecule has 7 heteroatoms. The van der Waals surface area contributed by atoms with Crippen LogP contribution in [-0.2, 0) is 10.0 Å². The van der Waals surface area contributed by atoms with Crippen molar-refractivity contribution in [2.24, 2.45) is 5.14 Å². The van der Waals surface area contributed by atoms with Gasteiger partial charge in [-0.25, -0.2) is 13.6 Å². The number of nitrogens with one attached hydrogen (secondary N) is 1. The number of hydrogen-bond donors (Lipinski definition) is 2. The summed E-state index contributed by atoms with van der Waals surface area (Å²) < 4.78 is 22.4. The van der Waals surface area contributed by atoms with E-state index in [9.17, 15) is 13.2 Å². The highest BCUT2D eigenvalue weighted by molar-refractivity contribution is 7.89. The quantitative estimate of drug-likeness (QED) is 0.886. The van der Waals surface area contributed by atoms with Gasteiger partial charge < -0.3 is 5.32 Å². The van der Waals surface area contributed by atoms with E-state index in [1.165, 1.54) is 12.1 Å². The molecule has 6 nitrogen and oxygen atoms in total. The summed E-state index contributed by atoms with van der Waals surface area (Å²) in [5.41, 5.74) is 1.29. The van der Waals surface area contributed by atoms with Crippen molar-refractivity contribution >= 4 is 15.9 Å². The third-order valence-corrected chi connectivity index (χ3v) is 3.93. The Morgan fingerprint density at radius 1 is 1.14 bits per heavy atom. The first-order valence-electron chi connectivity index (χ1n) is 6.21. The minimum Gasteiger partial charge on any atom is -0.346 e. The lowest BCUT2D eigenvalue weighted by Gasteiger charge is -2.14. The molecule has 2 rings (SSSR count). The number of primary sulfonamides is 1. The molecule has 1 atom stereocenters. The minimum atomic E-state index is -3.71. The van der Waals surface area contributed by atoms with Crippen LogP contribution >= 0.6 is 0 Å². The molecule has 1 heterocycles. The van der Waals surface area contributed by atoms with Crippen LogP contribution < -0.4 is 10.5 Å². The fourth-order valence-electron chi connectivity index (χ4n) is 1.81. The van der Waals surface area contributed by atoms with E-state index in [4.69, 9.17) is 5.14 Å². The monoisotopic (exact) mass is 305 g/mol. The van der Waals surface area contributed by atoms with Gasteiger partial charge >= 0.3 is 0 Å². The largest absolute Gasteiger partial charge is 0.346 e. The van der Waals surface area contributed by atoms with Gasteiger partial charge in [-0.05, 0) is 36.8 Å². The molecular weight excluding hydrogens is 290 g/mol. The lowest BCUT2D eigenvalue weighted by molar-refractivity contribution is 0.0939. The first-order valence-corrected chi connectivity index (χ1v) is 7.76. The van der Waals surface area contributed by atoms with E-state index in [0.29, 0.717) is 5.56 Å². The van der Waals surface area contributed by atoms with Gasteiger partial charge in [0.15, 0.2) is 0 Å². The third-order valence-electron chi connectivity index (χ3n) is 3.00. The molecule has 1 amide bonds. The molecule has 0 saturated heterocycles. The second kappa shape index (κ2) is 6.02. The molecule has 3 N–H and O–H groups in total. The summed E-state index contributed by atoms with van der Waals surface area (Å²) in [6, 6.07) is 9.05. The van der Waals surface area contributed by atoms with Crippen molar-refractivity contribution in [2.75, 3.05) is 0 Å². The molecule has 1 aromatic heterocycles. The molecule has 0 aliphatic heterocycles. The number of benzene rings is 1. The lowest BCUT2D eigenvalue weighted by Crippen LogP contribution is -2.26. The van der Waals surface area contributed by atoms with E-state index < -0.39 is 10.0 Å². The number of carbonyl (C=O) groups excluding carboxylic acids is 1. The van der Waals surface area contributed by atoms with Crippen molar-refractivity contribution in [1.29, 1.82) is 0 Å². The molecule has 0 fully saturated rings. The number of amides is 1. The molecule has 0 radical (unpaired) electrons. The second-order valence-electron chi connectivity index (χ2n) is 4.55. The molecule has 0 bridgehead atoms. The Bertz CT molecular complexity index is 728. The Labute approximate surface area is 123 Å². The maximum Gasteiger partial charge on any atom is 0.251 e. The molecule has 2 aromatic rings. The van der Waals surface area contributed by atoms with Gasteiger partial charge in [0.1, 0.15) is 0 Å². The van der Waals surface area contributed by atoms with Crippen molar-refractivity contribution in [1.82, 2.24) is 10.3 Å². The topological polar surface area (TPSA) is 102 Å². The predicted octanol–water partition coefficient (Wildman–Crippen LogP) is 1.22. The normalized spacial score (nSPS) is 12.7. The number of hydrogen-bond acceptors (Lipinski definition) is 4. The van der Waals surface area contributed by atoms with E-state index in [2.05, 4.69) is 10.3 Å². The number of nitrogens with two attached hydrogens (primary N) is 1. The minimum absolute atomic E-state index is 0.0407. The molecule has 0 spiro atoms. The van der Waals surface area contributed by atoms with E-state index >= 15 is 0 Å². The number of carbonyl (C=O) groups is 1. The Balaban J connectivity index is 2.10. The maximum atomic E-state index is 12.0. The van der Waals surface area contributed by atoms with Crippen LogP contribution in [-0.4, -0.2) is 19.3 Å². The number of sulfonamides is 1. The zero-order valence-electron chi connectivity index (χ0n) is 11.4. The van der Waals surface area contributed by atoms with Crippen LogP contribution in [0.2, 0.25) is 0 Å². The standard InChI is InChI=1S/C14H15N3O3S/c1-10(17-14(18)12-6-8-16-9-7-12)11-2-4-13(5-3-11)21(15,19)20/h2-10H,1H3,(H,17,18)(H2,15,19,20). The summed E-state index contributed by atoms with van der Waals surface area (Å²) in [4.78, 5) is 15.9. The highest BCUT2D eigenvalue weighted by atomic mass is 32.2. The van der Waals surface area contributed by atoms with Crippen molar-refractivity contribution in [3.8, 4) is 0 Å². The van der Waals surface area contributed by atoms with Crippen molar-refractivity contribution in [3.05, 3.63) is 59.9 Å². The summed E-state index contributed by atoms with van der Waals surface area (Å²) in [7, 11) is -3.71. The Morgan fingerprint density at radius 2 is 1.71 bits per heavy atom. The Kier molecular flexibility index (Phi) is 4.35. The Hall–Kier alpha value is -2.25. The predicted molar refractivity (Wildman–Crippen MR) is 77.9 cm³/mol. The molecule has 1 aromatic carbocycles. The Morgan fingerprint density at radius 3 is 2.24 bits per heavy atom. The van der Waals surface area contributed by atoms with Crippen molar-refractivity contribution in [2.45, 2.75) is 17.9 Å². The van der Waals surface area contributed by atoms with Crippen LogP contribution in [0, 0.1) is 0 Å².